The second-order valence-corrected chi connectivity index (χ2v) is 5.86. The van der Waals surface area contributed by atoms with Gasteiger partial charge in [-0.05, 0) is 30.4 Å². The van der Waals surface area contributed by atoms with Gasteiger partial charge in [0.05, 0.1) is 0 Å². The predicted octanol–water partition coefficient (Wildman–Crippen LogP) is 3.65. The van der Waals surface area contributed by atoms with E-state index in [1.807, 2.05) is 6.08 Å². The fourth-order valence-corrected chi connectivity index (χ4v) is 3.47. The fraction of sp³-hybridized carbons (Fsp3) is 0.706. The lowest BCUT2D eigenvalue weighted by Crippen LogP contribution is -2.55. The lowest BCUT2D eigenvalue weighted by atomic mass is 9.67. The standard InChI is InChI=1S/C17H26O3/c1-4-5-6-7-15(18)11-10-13-8-9-14-12-17(19-2,20-3)16(13)14/h8,10-11,14,16H,4-7,9,12H2,1-3H3/b11-10+/t14-,16-/m1/s1. The summed E-state index contributed by atoms with van der Waals surface area (Å²) in [4.78, 5) is 11.8. The number of allylic oxidation sites excluding steroid dienone is 3. The molecule has 0 bridgehead atoms. The molecule has 2 aliphatic rings. The van der Waals surface area contributed by atoms with E-state index in [0.717, 1.165) is 32.1 Å². The van der Waals surface area contributed by atoms with Gasteiger partial charge in [-0.1, -0.05) is 31.9 Å². The van der Waals surface area contributed by atoms with Crippen LogP contribution in [-0.2, 0) is 14.3 Å². The number of carbonyl (C=O) groups excluding carboxylic acids is 1. The molecule has 2 aliphatic carbocycles. The second kappa shape index (κ2) is 6.68. The molecule has 2 atom stereocenters. The van der Waals surface area contributed by atoms with E-state index in [0.29, 0.717) is 12.3 Å². The molecule has 3 heteroatoms. The lowest BCUT2D eigenvalue weighted by Gasteiger charge is -2.50. The number of fused-ring (bicyclic) bond motifs is 1. The number of hydrogen-bond acceptors (Lipinski definition) is 3. The quantitative estimate of drug-likeness (QED) is 0.386. The third-order valence-electron chi connectivity index (χ3n) is 4.69. The Morgan fingerprint density at radius 2 is 2.15 bits per heavy atom. The molecular formula is C17H26O3. The van der Waals surface area contributed by atoms with E-state index in [1.54, 1.807) is 20.3 Å². The SMILES string of the molecule is CCCCCC(=O)/C=C/C1=CC[C@@H]2CC(OC)(OC)[C@H]12. The fourth-order valence-electron chi connectivity index (χ4n) is 3.47. The summed E-state index contributed by atoms with van der Waals surface area (Å²) in [5.74, 6) is 0.660. The van der Waals surface area contributed by atoms with Gasteiger partial charge in [0.1, 0.15) is 0 Å². The predicted molar refractivity (Wildman–Crippen MR) is 79.3 cm³/mol. The van der Waals surface area contributed by atoms with Gasteiger partial charge in [-0.2, -0.15) is 0 Å². The Kier molecular flexibility index (Phi) is 5.17. The molecule has 0 heterocycles. The van der Waals surface area contributed by atoms with E-state index in [1.165, 1.54) is 5.57 Å². The third kappa shape index (κ3) is 2.89. The van der Waals surface area contributed by atoms with Gasteiger partial charge in [0, 0.05) is 33.0 Å². The number of hydrogen-bond donors (Lipinski definition) is 0. The Balaban J connectivity index is 1.91. The van der Waals surface area contributed by atoms with Crippen LogP contribution in [0, 0.1) is 11.8 Å². The van der Waals surface area contributed by atoms with Gasteiger partial charge in [0.15, 0.2) is 11.6 Å². The summed E-state index contributed by atoms with van der Waals surface area (Å²) in [7, 11) is 3.41. The first-order valence-corrected chi connectivity index (χ1v) is 7.68. The maximum absolute atomic E-state index is 11.8. The summed E-state index contributed by atoms with van der Waals surface area (Å²) in [5, 5.41) is 0. The zero-order valence-electron chi connectivity index (χ0n) is 12.9. The molecule has 2 rings (SSSR count). The zero-order chi connectivity index (χ0) is 14.6. The van der Waals surface area contributed by atoms with Crippen molar-refractivity contribution in [2.24, 2.45) is 11.8 Å². The van der Waals surface area contributed by atoms with Crippen LogP contribution < -0.4 is 0 Å². The van der Waals surface area contributed by atoms with Gasteiger partial charge < -0.3 is 9.47 Å². The smallest absolute Gasteiger partial charge is 0.174 e. The van der Waals surface area contributed by atoms with Crippen LogP contribution in [0.15, 0.2) is 23.8 Å². The molecule has 0 spiro atoms. The molecule has 1 saturated carbocycles. The van der Waals surface area contributed by atoms with Crippen molar-refractivity contribution in [1.82, 2.24) is 0 Å². The first kappa shape index (κ1) is 15.5. The maximum atomic E-state index is 11.8. The summed E-state index contributed by atoms with van der Waals surface area (Å²) in [5.41, 5.74) is 1.20. The van der Waals surface area contributed by atoms with Crippen molar-refractivity contribution < 1.29 is 14.3 Å². The highest BCUT2D eigenvalue weighted by Gasteiger charge is 2.57. The number of ether oxygens (including phenoxy) is 2. The Morgan fingerprint density at radius 1 is 1.40 bits per heavy atom. The Hall–Kier alpha value is -0.930. The molecular weight excluding hydrogens is 252 g/mol. The van der Waals surface area contributed by atoms with Crippen molar-refractivity contribution in [3.63, 3.8) is 0 Å². The van der Waals surface area contributed by atoms with E-state index in [-0.39, 0.29) is 11.7 Å². The molecule has 0 amide bonds. The van der Waals surface area contributed by atoms with Gasteiger partial charge in [-0.15, -0.1) is 0 Å². The van der Waals surface area contributed by atoms with Crippen molar-refractivity contribution in [2.75, 3.05) is 14.2 Å². The van der Waals surface area contributed by atoms with Crippen LogP contribution in [0.1, 0.15) is 45.4 Å². The third-order valence-corrected chi connectivity index (χ3v) is 4.69. The van der Waals surface area contributed by atoms with Crippen LogP contribution in [-0.4, -0.2) is 25.8 Å². The van der Waals surface area contributed by atoms with Crippen LogP contribution in [0.25, 0.3) is 0 Å². The number of unbranched alkanes of at least 4 members (excludes halogenated alkanes) is 2. The highest BCUT2D eigenvalue weighted by molar-refractivity contribution is 5.90. The van der Waals surface area contributed by atoms with Gasteiger partial charge in [-0.25, -0.2) is 0 Å². The molecule has 0 aliphatic heterocycles. The monoisotopic (exact) mass is 278 g/mol. The molecule has 0 radical (unpaired) electrons. The zero-order valence-corrected chi connectivity index (χ0v) is 12.9. The van der Waals surface area contributed by atoms with E-state index >= 15 is 0 Å². The first-order valence-electron chi connectivity index (χ1n) is 7.68. The molecule has 1 fully saturated rings. The summed E-state index contributed by atoms with van der Waals surface area (Å²) in [6, 6.07) is 0. The Labute approximate surface area is 122 Å². The number of rotatable bonds is 8. The summed E-state index contributed by atoms with van der Waals surface area (Å²) in [6.07, 6.45) is 11.9. The summed E-state index contributed by atoms with van der Waals surface area (Å²) < 4.78 is 11.1. The average molecular weight is 278 g/mol. The van der Waals surface area contributed by atoms with Crippen LogP contribution in [0.2, 0.25) is 0 Å². The number of carbonyl (C=O) groups is 1. The molecule has 0 unspecified atom stereocenters. The molecule has 0 N–H and O–H groups in total. The van der Waals surface area contributed by atoms with E-state index in [4.69, 9.17) is 9.47 Å². The van der Waals surface area contributed by atoms with E-state index in [9.17, 15) is 4.79 Å². The molecule has 0 aromatic rings. The van der Waals surface area contributed by atoms with Crippen LogP contribution >= 0.6 is 0 Å². The molecule has 20 heavy (non-hydrogen) atoms. The normalized spacial score (nSPS) is 27.2. The second-order valence-electron chi connectivity index (χ2n) is 5.86. The van der Waals surface area contributed by atoms with Crippen molar-refractivity contribution in [3.8, 4) is 0 Å². The van der Waals surface area contributed by atoms with Gasteiger partial charge in [0.25, 0.3) is 0 Å². The van der Waals surface area contributed by atoms with Crippen molar-refractivity contribution in [3.05, 3.63) is 23.8 Å². The average Bonchev–Trinajstić information content (AvgIpc) is 2.77. The minimum absolute atomic E-state index is 0.225. The topological polar surface area (TPSA) is 35.5 Å². The summed E-state index contributed by atoms with van der Waals surface area (Å²) in [6.45, 7) is 2.15. The largest absolute Gasteiger partial charge is 0.353 e. The van der Waals surface area contributed by atoms with E-state index in [2.05, 4.69) is 13.0 Å². The van der Waals surface area contributed by atoms with Gasteiger partial charge in [0.2, 0.25) is 0 Å². The first-order chi connectivity index (χ1) is 9.66. The highest BCUT2D eigenvalue weighted by Crippen LogP contribution is 2.56. The number of methoxy groups -OCH3 is 2. The van der Waals surface area contributed by atoms with E-state index < -0.39 is 5.79 Å². The van der Waals surface area contributed by atoms with Crippen molar-refractivity contribution in [2.45, 2.75) is 51.2 Å². The molecule has 0 aromatic heterocycles. The van der Waals surface area contributed by atoms with Crippen molar-refractivity contribution >= 4 is 5.78 Å². The minimum atomic E-state index is -0.470. The molecule has 3 nitrogen and oxygen atoms in total. The van der Waals surface area contributed by atoms with Crippen LogP contribution in [0.5, 0.6) is 0 Å². The molecule has 112 valence electrons. The lowest BCUT2D eigenvalue weighted by molar-refractivity contribution is -0.296. The molecule has 0 saturated heterocycles. The Bertz CT molecular complexity index is 404. The van der Waals surface area contributed by atoms with Crippen LogP contribution in [0.3, 0.4) is 0 Å². The van der Waals surface area contributed by atoms with Gasteiger partial charge in [-0.3, -0.25) is 4.79 Å². The minimum Gasteiger partial charge on any atom is -0.353 e. The highest BCUT2D eigenvalue weighted by atomic mass is 16.7. The van der Waals surface area contributed by atoms with Gasteiger partial charge >= 0.3 is 0 Å². The van der Waals surface area contributed by atoms with Crippen LogP contribution in [0.4, 0.5) is 0 Å². The molecule has 0 aromatic carbocycles. The maximum Gasteiger partial charge on any atom is 0.174 e. The Morgan fingerprint density at radius 3 is 2.80 bits per heavy atom. The number of ketones is 1. The summed E-state index contributed by atoms with van der Waals surface area (Å²) >= 11 is 0. The van der Waals surface area contributed by atoms with Crippen molar-refractivity contribution in [1.29, 1.82) is 0 Å².